The van der Waals surface area contributed by atoms with Gasteiger partial charge in [-0.15, -0.1) is 0 Å². The van der Waals surface area contributed by atoms with Gasteiger partial charge in [0, 0.05) is 17.7 Å². The van der Waals surface area contributed by atoms with Crippen molar-refractivity contribution in [2.45, 2.75) is 0 Å². The Morgan fingerprint density at radius 2 is 1.63 bits per heavy atom. The Balaban J connectivity index is 1.85. The molecule has 2 aromatic rings. The van der Waals surface area contributed by atoms with Crippen LogP contribution in [-0.2, 0) is 0 Å². The average molecular weight is 386 g/mol. The zero-order valence-corrected chi connectivity index (χ0v) is 15.6. The molecule has 0 bridgehead atoms. The molecule has 1 heterocycles. The van der Waals surface area contributed by atoms with E-state index in [9.17, 15) is 10.1 Å². The van der Waals surface area contributed by atoms with Crippen LogP contribution in [0.5, 0.6) is 0 Å². The Labute approximate surface area is 156 Å². The maximum atomic E-state index is 10.7. The van der Waals surface area contributed by atoms with Crippen LogP contribution >= 0.6 is 7.51 Å². The molecule has 140 valence electrons. The van der Waals surface area contributed by atoms with E-state index in [4.69, 9.17) is 0 Å². The van der Waals surface area contributed by atoms with Crippen LogP contribution in [-0.4, -0.2) is 30.8 Å². The summed E-state index contributed by atoms with van der Waals surface area (Å²) < 4.78 is 9.22. The minimum absolute atomic E-state index is 0.0223. The van der Waals surface area contributed by atoms with Gasteiger partial charge in [0.1, 0.15) is 0 Å². The molecule has 1 aliphatic heterocycles. The number of anilines is 1. The molecular weight excluding hydrogens is 367 g/mol. The second-order valence-corrected chi connectivity index (χ2v) is 7.92. The molecule has 0 saturated carbocycles. The van der Waals surface area contributed by atoms with Gasteiger partial charge in [-0.25, -0.2) is 0 Å². The van der Waals surface area contributed by atoms with Crippen LogP contribution in [0.4, 0.5) is 11.4 Å². The molecule has 10 nitrogen and oxygen atoms in total. The molecule has 0 fully saturated rings. The molecule has 0 aliphatic carbocycles. The lowest BCUT2D eigenvalue weighted by Gasteiger charge is -2.23. The molecule has 0 atom stereocenters. The molecule has 0 unspecified atom stereocenters. The topological polar surface area (TPSA) is 128 Å². The first-order chi connectivity index (χ1) is 13.0. The molecular formula is C16H19N8O2P. The summed E-state index contributed by atoms with van der Waals surface area (Å²) >= 11 is 0. The van der Waals surface area contributed by atoms with E-state index in [1.165, 1.54) is 12.1 Å². The summed E-state index contributed by atoms with van der Waals surface area (Å²) in [6.45, 7) is 0. The summed E-state index contributed by atoms with van der Waals surface area (Å²) in [6.07, 6.45) is 0. The molecule has 27 heavy (non-hydrogen) atoms. The Bertz CT molecular complexity index is 933. The van der Waals surface area contributed by atoms with Gasteiger partial charge >= 0.3 is 0 Å². The van der Waals surface area contributed by atoms with Crippen LogP contribution in [0.15, 0.2) is 69.1 Å². The Morgan fingerprint density at radius 3 is 2.22 bits per heavy atom. The number of guanidine groups is 1. The molecule has 3 rings (SSSR count). The van der Waals surface area contributed by atoms with E-state index in [1.54, 1.807) is 26.2 Å². The van der Waals surface area contributed by atoms with Crippen LogP contribution < -0.4 is 21.0 Å². The van der Waals surface area contributed by atoms with E-state index in [-0.39, 0.29) is 5.69 Å². The predicted molar refractivity (Wildman–Crippen MR) is 108 cm³/mol. The number of nitrogens with one attached hydrogen (secondary N) is 4. The van der Waals surface area contributed by atoms with E-state index in [0.29, 0.717) is 17.5 Å². The van der Waals surface area contributed by atoms with E-state index in [2.05, 4.69) is 35.5 Å². The van der Waals surface area contributed by atoms with Crippen LogP contribution in [0, 0.1) is 10.1 Å². The van der Waals surface area contributed by atoms with Crippen molar-refractivity contribution in [2.24, 2.45) is 14.5 Å². The summed E-state index contributed by atoms with van der Waals surface area (Å²) in [4.78, 5) is 14.8. The van der Waals surface area contributed by atoms with Crippen molar-refractivity contribution in [3.63, 3.8) is 0 Å². The fraction of sp³-hybridized carbons (Fsp3) is 0.125. The molecule has 0 aromatic heterocycles. The number of nitrogens with zero attached hydrogens (tertiary/aromatic N) is 4. The maximum Gasteiger partial charge on any atom is 0.269 e. The van der Waals surface area contributed by atoms with Gasteiger partial charge in [-0.1, -0.05) is 30.3 Å². The largest absolute Gasteiger partial charge is 0.298 e. The summed E-state index contributed by atoms with van der Waals surface area (Å²) in [7, 11) is 1.19. The number of hydrogen-bond donors (Lipinski definition) is 4. The summed E-state index contributed by atoms with van der Waals surface area (Å²) in [5, 5.41) is 17.0. The Hall–Kier alpha value is -3.07. The van der Waals surface area contributed by atoms with Crippen LogP contribution in [0.3, 0.4) is 0 Å². The van der Waals surface area contributed by atoms with Crippen molar-refractivity contribution in [3.05, 3.63) is 70.3 Å². The van der Waals surface area contributed by atoms with Gasteiger partial charge < -0.3 is 0 Å². The average Bonchev–Trinajstić information content (AvgIpc) is 2.73. The monoisotopic (exact) mass is 386 g/mol. The lowest BCUT2D eigenvalue weighted by molar-refractivity contribution is -0.384. The molecule has 0 amide bonds. The first-order valence-corrected chi connectivity index (χ1v) is 9.76. The minimum Gasteiger partial charge on any atom is -0.298 e. The number of hydrogen-bond acceptors (Lipinski definition) is 9. The molecule has 0 radical (unpaired) electrons. The number of rotatable bonds is 6. The highest BCUT2D eigenvalue weighted by Gasteiger charge is 2.22. The molecule has 11 heteroatoms. The number of nitro benzene ring substituents is 1. The van der Waals surface area contributed by atoms with Gasteiger partial charge in [0.15, 0.2) is 5.84 Å². The summed E-state index contributed by atoms with van der Waals surface area (Å²) in [5.74, 6) is 0.898. The van der Waals surface area contributed by atoms with Crippen molar-refractivity contribution in [1.29, 1.82) is 0 Å². The smallest absolute Gasteiger partial charge is 0.269 e. The second kappa shape index (κ2) is 8.09. The quantitative estimate of drug-likeness (QED) is 0.343. The molecule has 4 N–H and O–H groups in total. The first-order valence-electron chi connectivity index (χ1n) is 8.06. The van der Waals surface area contributed by atoms with Gasteiger partial charge in [-0.2, -0.15) is 14.5 Å². The number of amidine groups is 1. The van der Waals surface area contributed by atoms with Crippen molar-refractivity contribution < 1.29 is 4.92 Å². The zero-order valence-electron chi connectivity index (χ0n) is 14.7. The van der Waals surface area contributed by atoms with Crippen LogP contribution in [0.2, 0.25) is 0 Å². The number of nitro groups is 1. The SMILES string of the molecule is CNP1(NC)=NC(NNc2ccc([N+](=O)[O-])cc2)=NC(c2ccccc2)=N1. The molecule has 2 aromatic carbocycles. The third kappa shape index (κ3) is 4.37. The Morgan fingerprint density at radius 1 is 0.963 bits per heavy atom. The van der Waals surface area contributed by atoms with Crippen molar-refractivity contribution in [2.75, 3.05) is 19.5 Å². The van der Waals surface area contributed by atoms with E-state index < -0.39 is 12.4 Å². The lowest BCUT2D eigenvalue weighted by atomic mass is 10.2. The van der Waals surface area contributed by atoms with Gasteiger partial charge in [-0.3, -0.25) is 31.1 Å². The maximum absolute atomic E-state index is 10.7. The van der Waals surface area contributed by atoms with E-state index in [0.717, 1.165) is 5.56 Å². The minimum atomic E-state index is -2.38. The summed E-state index contributed by atoms with van der Waals surface area (Å²) in [6, 6.07) is 15.6. The fourth-order valence-electron chi connectivity index (χ4n) is 2.31. The molecule has 1 aliphatic rings. The number of non-ortho nitro benzene ring substituents is 1. The van der Waals surface area contributed by atoms with Gasteiger partial charge in [0.2, 0.25) is 13.5 Å². The van der Waals surface area contributed by atoms with Crippen molar-refractivity contribution >= 4 is 30.7 Å². The predicted octanol–water partition coefficient (Wildman–Crippen LogP) is 2.71. The molecule has 0 saturated heterocycles. The number of benzene rings is 2. The fourth-order valence-corrected chi connectivity index (χ4v) is 3.78. The third-order valence-electron chi connectivity index (χ3n) is 3.74. The zero-order chi connectivity index (χ0) is 19.3. The highest BCUT2D eigenvalue weighted by atomic mass is 31.2. The highest BCUT2D eigenvalue weighted by molar-refractivity contribution is 7.61. The number of aliphatic imine (C=N–C) groups is 1. The highest BCUT2D eigenvalue weighted by Crippen LogP contribution is 2.43. The first kappa shape index (κ1) is 18.7. The number of hydrazine groups is 1. The second-order valence-electron chi connectivity index (χ2n) is 5.43. The van der Waals surface area contributed by atoms with E-state index >= 15 is 0 Å². The Kier molecular flexibility index (Phi) is 5.60. The summed E-state index contributed by atoms with van der Waals surface area (Å²) in [5.41, 5.74) is 7.42. The van der Waals surface area contributed by atoms with E-state index in [1.807, 2.05) is 30.3 Å². The standard InChI is InChI=1S/C16H19N8O2P/c1-17-27(18-2)22-15(12-6-4-3-5-7-12)19-16(23-27)21-20-13-8-10-14(11-9-13)24(25)26/h3-11,17-18,20H,1-2H3,(H,19,21,22). The molecule has 0 spiro atoms. The third-order valence-corrected chi connectivity index (χ3v) is 5.95. The van der Waals surface area contributed by atoms with Crippen molar-refractivity contribution in [3.8, 4) is 0 Å². The van der Waals surface area contributed by atoms with Crippen LogP contribution in [0.1, 0.15) is 5.56 Å². The van der Waals surface area contributed by atoms with Gasteiger partial charge in [0.05, 0.1) is 10.6 Å². The van der Waals surface area contributed by atoms with Gasteiger partial charge in [-0.05, 0) is 26.2 Å². The lowest BCUT2D eigenvalue weighted by Crippen LogP contribution is -2.32. The van der Waals surface area contributed by atoms with Crippen molar-refractivity contribution in [1.82, 2.24) is 15.6 Å². The van der Waals surface area contributed by atoms with Gasteiger partial charge in [0.25, 0.3) is 5.69 Å². The normalized spacial score (nSPS) is 15.2. The van der Waals surface area contributed by atoms with Crippen LogP contribution in [0.25, 0.3) is 0 Å².